The second-order valence-electron chi connectivity index (χ2n) is 2.58. The first-order valence-corrected chi connectivity index (χ1v) is 4.85. The lowest BCUT2D eigenvalue weighted by molar-refractivity contribution is 0.0992. The highest BCUT2D eigenvalue weighted by atomic mass is 35.5. The average molecular weight is 238 g/mol. The first-order valence-electron chi connectivity index (χ1n) is 3.66. The van der Waals surface area contributed by atoms with Crippen LogP contribution in [0.2, 0.25) is 10.0 Å². The van der Waals surface area contributed by atoms with Gasteiger partial charge in [0.25, 0.3) is 0 Å². The van der Waals surface area contributed by atoms with Crippen LogP contribution in [0, 0.1) is 0 Å². The Labute approximate surface area is 91.6 Å². The molecule has 4 heteroatoms. The molecule has 0 spiro atoms. The van der Waals surface area contributed by atoms with Crippen molar-refractivity contribution in [1.82, 2.24) is 0 Å². The summed E-state index contributed by atoms with van der Waals surface area (Å²) in [5, 5.41) is 0.0440. The van der Waals surface area contributed by atoms with E-state index in [1.54, 1.807) is 25.1 Å². The summed E-state index contributed by atoms with van der Waals surface area (Å²) in [4.78, 5) is 11.4. The highest BCUT2D eigenvalue weighted by Crippen LogP contribution is 2.26. The highest BCUT2D eigenvalue weighted by molar-refractivity contribution is 6.45. The van der Waals surface area contributed by atoms with Gasteiger partial charge in [-0.3, -0.25) is 4.79 Å². The minimum Gasteiger partial charge on any atom is -0.292 e. The Morgan fingerprint density at radius 3 is 2.54 bits per heavy atom. The number of hydrogen-bond acceptors (Lipinski definition) is 1. The molecule has 0 aliphatic rings. The minimum atomic E-state index is -0.587. The van der Waals surface area contributed by atoms with Crippen molar-refractivity contribution in [1.29, 1.82) is 0 Å². The normalized spacial score (nSPS) is 12.6. The summed E-state index contributed by atoms with van der Waals surface area (Å²) < 4.78 is 0. The molecule has 0 aliphatic heterocycles. The summed E-state index contributed by atoms with van der Waals surface area (Å²) in [6, 6.07) is 4.90. The fourth-order valence-electron chi connectivity index (χ4n) is 0.908. The molecule has 1 aromatic carbocycles. The van der Waals surface area contributed by atoms with E-state index in [0.717, 1.165) is 0 Å². The summed E-state index contributed by atoms with van der Waals surface area (Å²) in [6.45, 7) is 1.60. The fourth-order valence-corrected chi connectivity index (χ4v) is 1.42. The van der Waals surface area contributed by atoms with Crippen molar-refractivity contribution in [3.8, 4) is 0 Å². The van der Waals surface area contributed by atoms with E-state index in [9.17, 15) is 4.79 Å². The predicted octanol–water partition coefficient (Wildman–Crippen LogP) is 3.80. The van der Waals surface area contributed by atoms with Crippen molar-refractivity contribution in [2.75, 3.05) is 0 Å². The zero-order valence-electron chi connectivity index (χ0n) is 6.85. The van der Waals surface area contributed by atoms with Gasteiger partial charge in [-0.2, -0.15) is 0 Å². The molecular formula is C9H7Cl3O. The number of carbonyl (C=O) groups is 1. The van der Waals surface area contributed by atoms with Crippen LogP contribution in [0.3, 0.4) is 0 Å². The van der Waals surface area contributed by atoms with E-state index in [-0.39, 0.29) is 10.8 Å². The topological polar surface area (TPSA) is 17.1 Å². The molecule has 0 amide bonds. The molecule has 0 bridgehead atoms. The van der Waals surface area contributed by atoms with Gasteiger partial charge in [0.15, 0.2) is 5.78 Å². The zero-order chi connectivity index (χ0) is 10.0. The molecule has 1 atom stereocenters. The second kappa shape index (κ2) is 4.32. The molecule has 0 aliphatic carbocycles. The number of benzene rings is 1. The standard InChI is InChI=1S/C9H7Cl3O/c1-5(10)9(13)6-3-2-4-7(11)8(6)12/h2-5H,1H3. The lowest BCUT2D eigenvalue weighted by atomic mass is 10.1. The number of alkyl halides is 1. The first-order chi connectivity index (χ1) is 6.04. The number of hydrogen-bond donors (Lipinski definition) is 0. The van der Waals surface area contributed by atoms with E-state index in [4.69, 9.17) is 34.8 Å². The third-order valence-corrected chi connectivity index (χ3v) is 2.60. The van der Waals surface area contributed by atoms with Crippen LogP contribution in [0.4, 0.5) is 0 Å². The number of ketones is 1. The maximum atomic E-state index is 11.4. The molecule has 0 saturated carbocycles. The van der Waals surface area contributed by atoms with Crippen LogP contribution >= 0.6 is 34.8 Å². The smallest absolute Gasteiger partial charge is 0.181 e. The molecule has 0 radical (unpaired) electrons. The molecule has 0 N–H and O–H groups in total. The van der Waals surface area contributed by atoms with Crippen molar-refractivity contribution in [2.24, 2.45) is 0 Å². The maximum absolute atomic E-state index is 11.4. The average Bonchev–Trinajstić information content (AvgIpc) is 2.08. The fraction of sp³-hybridized carbons (Fsp3) is 0.222. The molecule has 13 heavy (non-hydrogen) atoms. The number of carbonyl (C=O) groups excluding carboxylic acids is 1. The summed E-state index contributed by atoms with van der Waals surface area (Å²) in [6.07, 6.45) is 0. The maximum Gasteiger partial charge on any atom is 0.181 e. The van der Waals surface area contributed by atoms with Crippen molar-refractivity contribution in [2.45, 2.75) is 12.3 Å². The SMILES string of the molecule is CC(Cl)C(=O)c1cccc(Cl)c1Cl. The van der Waals surface area contributed by atoms with Gasteiger partial charge >= 0.3 is 0 Å². The van der Waals surface area contributed by atoms with Crippen molar-refractivity contribution in [3.05, 3.63) is 33.8 Å². The molecule has 0 fully saturated rings. The quantitative estimate of drug-likeness (QED) is 0.565. The molecular weight excluding hydrogens is 230 g/mol. The van der Waals surface area contributed by atoms with Crippen molar-refractivity contribution < 1.29 is 4.79 Å². The summed E-state index contributed by atoms with van der Waals surface area (Å²) in [5.41, 5.74) is 0.372. The molecule has 0 saturated heterocycles. The Kier molecular flexibility index (Phi) is 3.60. The number of rotatable bonds is 2. The van der Waals surface area contributed by atoms with Gasteiger partial charge in [0.05, 0.1) is 15.4 Å². The van der Waals surface area contributed by atoms with Crippen molar-refractivity contribution >= 4 is 40.6 Å². The summed E-state index contributed by atoms with van der Waals surface area (Å²) in [5.74, 6) is -0.214. The van der Waals surface area contributed by atoms with Gasteiger partial charge in [0.1, 0.15) is 0 Å². The van der Waals surface area contributed by atoms with E-state index < -0.39 is 5.38 Å². The van der Waals surface area contributed by atoms with Gasteiger partial charge in [-0.1, -0.05) is 29.3 Å². The Morgan fingerprint density at radius 2 is 2.00 bits per heavy atom. The minimum absolute atomic E-state index is 0.214. The lowest BCUT2D eigenvalue weighted by Gasteiger charge is -2.05. The van der Waals surface area contributed by atoms with Crippen LogP contribution in [0.5, 0.6) is 0 Å². The van der Waals surface area contributed by atoms with E-state index in [1.165, 1.54) is 0 Å². The third-order valence-electron chi connectivity index (χ3n) is 1.58. The largest absolute Gasteiger partial charge is 0.292 e. The van der Waals surface area contributed by atoms with E-state index in [2.05, 4.69) is 0 Å². The Hall–Kier alpha value is -0.240. The summed E-state index contributed by atoms with van der Waals surface area (Å²) in [7, 11) is 0. The first kappa shape index (κ1) is 10.8. The molecule has 0 aromatic heterocycles. The van der Waals surface area contributed by atoms with Crippen LogP contribution in [-0.4, -0.2) is 11.2 Å². The van der Waals surface area contributed by atoms with Crippen LogP contribution in [0.25, 0.3) is 0 Å². The van der Waals surface area contributed by atoms with E-state index in [0.29, 0.717) is 10.6 Å². The molecule has 70 valence electrons. The second-order valence-corrected chi connectivity index (χ2v) is 4.02. The van der Waals surface area contributed by atoms with Crippen LogP contribution < -0.4 is 0 Å². The predicted molar refractivity (Wildman–Crippen MR) is 56.1 cm³/mol. The molecule has 1 aromatic rings. The van der Waals surface area contributed by atoms with Crippen LogP contribution in [0.1, 0.15) is 17.3 Å². The van der Waals surface area contributed by atoms with Gasteiger partial charge < -0.3 is 0 Å². The van der Waals surface area contributed by atoms with Crippen LogP contribution in [0.15, 0.2) is 18.2 Å². The van der Waals surface area contributed by atoms with E-state index in [1.807, 2.05) is 0 Å². The van der Waals surface area contributed by atoms with Gasteiger partial charge in [0, 0.05) is 5.56 Å². The molecule has 1 unspecified atom stereocenters. The third kappa shape index (κ3) is 2.37. The van der Waals surface area contributed by atoms with Gasteiger partial charge in [0.2, 0.25) is 0 Å². The Bertz CT molecular complexity index is 334. The monoisotopic (exact) mass is 236 g/mol. The van der Waals surface area contributed by atoms with Gasteiger partial charge in [-0.25, -0.2) is 0 Å². The Morgan fingerprint density at radius 1 is 1.38 bits per heavy atom. The van der Waals surface area contributed by atoms with Gasteiger partial charge in [-0.15, -0.1) is 11.6 Å². The molecule has 1 nitrogen and oxygen atoms in total. The van der Waals surface area contributed by atoms with Gasteiger partial charge in [-0.05, 0) is 19.1 Å². The molecule has 0 heterocycles. The van der Waals surface area contributed by atoms with Crippen LogP contribution in [-0.2, 0) is 0 Å². The van der Waals surface area contributed by atoms with Crippen molar-refractivity contribution in [3.63, 3.8) is 0 Å². The number of Topliss-reactive ketones (excluding diaryl/α,β-unsaturated/α-hetero) is 1. The molecule has 1 rings (SSSR count). The summed E-state index contributed by atoms with van der Waals surface area (Å²) >= 11 is 17.2. The van der Waals surface area contributed by atoms with E-state index >= 15 is 0 Å². The highest BCUT2D eigenvalue weighted by Gasteiger charge is 2.16. The number of halogens is 3. The lowest BCUT2D eigenvalue weighted by Crippen LogP contribution is -2.10. The Balaban J connectivity index is 3.15. The zero-order valence-corrected chi connectivity index (χ0v) is 9.12.